The molecular weight excluding hydrogens is 246 g/mol. The van der Waals surface area contributed by atoms with Crippen LogP contribution in [0.3, 0.4) is 0 Å². The maximum atomic E-state index is 11.5. The van der Waals surface area contributed by atoms with Crippen LogP contribution in [0.4, 0.5) is 0 Å². The van der Waals surface area contributed by atoms with Crippen LogP contribution in [0.5, 0.6) is 0 Å². The first kappa shape index (κ1) is 18.3. The Kier molecular flexibility index (Phi) is 7.52. The first-order valence-corrected chi connectivity index (χ1v) is 7.19. The lowest BCUT2D eigenvalue weighted by atomic mass is 9.77. The van der Waals surface area contributed by atoms with E-state index in [1.807, 2.05) is 34.6 Å². The van der Waals surface area contributed by atoms with Crippen molar-refractivity contribution < 1.29 is 15.1 Å². The number of nitro groups is 1. The zero-order valence-electron chi connectivity index (χ0n) is 12.8. The average molecular weight is 275 g/mol. The standard InChI is InChI=1S/C14H29NO4/c1-6-7-14(15(18)19,12(16)8-10(2)3)13(17)9-11(4)5/h10-13,16-17H,6-9H2,1-5H3. The molecule has 2 N–H and O–H groups in total. The molecule has 0 aliphatic rings. The summed E-state index contributed by atoms with van der Waals surface area (Å²) in [6.07, 6.45) is -0.813. The summed E-state index contributed by atoms with van der Waals surface area (Å²) in [6.45, 7) is 9.48. The summed E-state index contributed by atoms with van der Waals surface area (Å²) in [5, 5.41) is 32.2. The van der Waals surface area contributed by atoms with E-state index in [0.717, 1.165) is 0 Å². The van der Waals surface area contributed by atoms with Gasteiger partial charge in [-0.15, -0.1) is 0 Å². The van der Waals surface area contributed by atoms with Gasteiger partial charge in [0.05, 0.1) is 0 Å². The van der Waals surface area contributed by atoms with E-state index in [1.165, 1.54) is 0 Å². The summed E-state index contributed by atoms with van der Waals surface area (Å²) in [5.41, 5.74) is -1.64. The third kappa shape index (κ3) is 4.73. The fourth-order valence-electron chi connectivity index (χ4n) is 2.59. The van der Waals surface area contributed by atoms with Crippen LogP contribution in [0, 0.1) is 22.0 Å². The number of nitrogens with zero attached hydrogens (tertiary/aromatic N) is 1. The number of hydrogen-bond acceptors (Lipinski definition) is 4. The smallest absolute Gasteiger partial charge is 0.272 e. The number of rotatable bonds is 9. The van der Waals surface area contributed by atoms with Gasteiger partial charge in [-0.05, 0) is 31.1 Å². The van der Waals surface area contributed by atoms with E-state index < -0.39 is 22.7 Å². The predicted octanol–water partition coefficient (Wildman–Crippen LogP) is 2.62. The van der Waals surface area contributed by atoms with Gasteiger partial charge in [-0.3, -0.25) is 10.1 Å². The Morgan fingerprint density at radius 1 is 1.05 bits per heavy atom. The molecule has 0 aromatic heterocycles. The Bertz CT molecular complexity index is 263. The molecule has 114 valence electrons. The van der Waals surface area contributed by atoms with Crippen LogP contribution in [-0.2, 0) is 0 Å². The monoisotopic (exact) mass is 275 g/mol. The quantitative estimate of drug-likeness (QED) is 0.500. The normalized spacial score (nSPS) is 18.4. The summed E-state index contributed by atoms with van der Waals surface area (Å²) in [6, 6.07) is 0. The van der Waals surface area contributed by atoms with Crippen LogP contribution in [0.1, 0.15) is 60.3 Å². The van der Waals surface area contributed by atoms with Gasteiger partial charge in [-0.25, -0.2) is 0 Å². The topological polar surface area (TPSA) is 83.6 Å². The first-order valence-electron chi connectivity index (χ1n) is 7.19. The molecule has 19 heavy (non-hydrogen) atoms. The zero-order chi connectivity index (χ0) is 15.2. The van der Waals surface area contributed by atoms with E-state index in [1.54, 1.807) is 0 Å². The Labute approximate surface area is 116 Å². The Morgan fingerprint density at radius 2 is 1.42 bits per heavy atom. The van der Waals surface area contributed by atoms with Crippen LogP contribution < -0.4 is 0 Å². The van der Waals surface area contributed by atoms with Crippen LogP contribution in [0.2, 0.25) is 0 Å². The number of aliphatic hydroxyl groups is 2. The molecule has 0 bridgehead atoms. The summed E-state index contributed by atoms with van der Waals surface area (Å²) in [7, 11) is 0. The fourth-order valence-corrected chi connectivity index (χ4v) is 2.59. The molecule has 0 radical (unpaired) electrons. The van der Waals surface area contributed by atoms with Crippen molar-refractivity contribution in [3.8, 4) is 0 Å². The molecule has 0 heterocycles. The molecule has 0 rings (SSSR count). The lowest BCUT2D eigenvalue weighted by molar-refractivity contribution is -0.598. The van der Waals surface area contributed by atoms with Gasteiger partial charge in [0.15, 0.2) is 0 Å². The molecule has 0 saturated carbocycles. The lowest BCUT2D eigenvalue weighted by Crippen LogP contribution is -2.58. The van der Waals surface area contributed by atoms with E-state index >= 15 is 0 Å². The van der Waals surface area contributed by atoms with Gasteiger partial charge in [0.1, 0.15) is 12.2 Å². The van der Waals surface area contributed by atoms with Gasteiger partial charge in [-0.1, -0.05) is 34.6 Å². The van der Waals surface area contributed by atoms with Crippen LogP contribution in [-0.4, -0.2) is 32.9 Å². The minimum Gasteiger partial charge on any atom is -0.386 e. The van der Waals surface area contributed by atoms with Gasteiger partial charge in [0.25, 0.3) is 5.54 Å². The van der Waals surface area contributed by atoms with Crippen molar-refractivity contribution in [3.63, 3.8) is 0 Å². The molecule has 0 aliphatic carbocycles. The highest BCUT2D eigenvalue weighted by atomic mass is 16.6. The first-order chi connectivity index (χ1) is 8.68. The van der Waals surface area contributed by atoms with E-state index in [9.17, 15) is 20.3 Å². The minimum atomic E-state index is -1.64. The highest BCUT2D eigenvalue weighted by molar-refractivity contribution is 4.94. The van der Waals surface area contributed by atoms with Crippen LogP contribution >= 0.6 is 0 Å². The SMILES string of the molecule is CCCC(C(O)CC(C)C)(C(O)CC(C)C)[N+](=O)[O-]. The molecule has 5 heteroatoms. The molecule has 2 unspecified atom stereocenters. The summed E-state index contributed by atoms with van der Waals surface area (Å²) >= 11 is 0. The van der Waals surface area contributed by atoms with Crippen molar-refractivity contribution in [2.75, 3.05) is 0 Å². The minimum absolute atomic E-state index is 0.150. The summed E-state index contributed by atoms with van der Waals surface area (Å²) in [4.78, 5) is 11.1. The fraction of sp³-hybridized carbons (Fsp3) is 1.00. The Hall–Kier alpha value is -0.680. The second-order valence-corrected chi connectivity index (χ2v) is 6.29. The molecule has 0 aromatic rings. The van der Waals surface area contributed by atoms with Crippen LogP contribution in [0.25, 0.3) is 0 Å². The highest BCUT2D eigenvalue weighted by Crippen LogP contribution is 2.32. The van der Waals surface area contributed by atoms with Gasteiger partial charge in [-0.2, -0.15) is 0 Å². The Balaban J connectivity index is 5.34. The van der Waals surface area contributed by atoms with Crippen molar-refractivity contribution in [3.05, 3.63) is 10.1 Å². The third-order valence-electron chi connectivity index (χ3n) is 3.53. The van der Waals surface area contributed by atoms with E-state index in [0.29, 0.717) is 19.3 Å². The largest absolute Gasteiger partial charge is 0.386 e. The maximum Gasteiger partial charge on any atom is 0.272 e. The highest BCUT2D eigenvalue weighted by Gasteiger charge is 2.55. The van der Waals surface area contributed by atoms with E-state index in [2.05, 4.69) is 0 Å². The third-order valence-corrected chi connectivity index (χ3v) is 3.53. The molecule has 2 atom stereocenters. The molecule has 0 saturated heterocycles. The molecule has 0 fully saturated rings. The molecule has 0 amide bonds. The van der Waals surface area contributed by atoms with E-state index in [-0.39, 0.29) is 18.3 Å². The lowest BCUT2D eigenvalue weighted by Gasteiger charge is -2.35. The van der Waals surface area contributed by atoms with Gasteiger partial charge in [0, 0.05) is 11.3 Å². The van der Waals surface area contributed by atoms with Crippen molar-refractivity contribution in [2.45, 2.75) is 78.0 Å². The van der Waals surface area contributed by atoms with Crippen molar-refractivity contribution in [1.29, 1.82) is 0 Å². The van der Waals surface area contributed by atoms with Crippen molar-refractivity contribution >= 4 is 0 Å². The maximum absolute atomic E-state index is 11.5. The second-order valence-electron chi connectivity index (χ2n) is 6.29. The zero-order valence-corrected chi connectivity index (χ0v) is 12.8. The predicted molar refractivity (Wildman–Crippen MR) is 75.6 cm³/mol. The van der Waals surface area contributed by atoms with Crippen molar-refractivity contribution in [2.24, 2.45) is 11.8 Å². The Morgan fingerprint density at radius 3 is 1.63 bits per heavy atom. The van der Waals surface area contributed by atoms with Crippen molar-refractivity contribution in [1.82, 2.24) is 0 Å². The second kappa shape index (κ2) is 7.80. The van der Waals surface area contributed by atoms with Crippen LogP contribution in [0.15, 0.2) is 0 Å². The van der Waals surface area contributed by atoms with Gasteiger partial charge < -0.3 is 10.2 Å². The van der Waals surface area contributed by atoms with Gasteiger partial charge in [0.2, 0.25) is 0 Å². The van der Waals surface area contributed by atoms with E-state index in [4.69, 9.17) is 0 Å². The molecular formula is C14H29NO4. The number of hydrogen-bond donors (Lipinski definition) is 2. The summed E-state index contributed by atoms with van der Waals surface area (Å²) < 4.78 is 0. The molecule has 5 nitrogen and oxygen atoms in total. The molecule has 0 aromatic carbocycles. The molecule has 0 spiro atoms. The molecule has 0 aliphatic heterocycles. The number of aliphatic hydroxyl groups excluding tert-OH is 2. The summed E-state index contributed by atoms with van der Waals surface area (Å²) in [5.74, 6) is 0.301. The van der Waals surface area contributed by atoms with Gasteiger partial charge >= 0.3 is 0 Å². The average Bonchev–Trinajstić information content (AvgIpc) is 2.22.